The lowest BCUT2D eigenvalue weighted by Crippen LogP contribution is -2.33. The van der Waals surface area contributed by atoms with Gasteiger partial charge in [-0.2, -0.15) is 5.10 Å². The Morgan fingerprint density at radius 2 is 2.47 bits per heavy atom. The van der Waals surface area contributed by atoms with Crippen molar-refractivity contribution in [3.8, 4) is 0 Å². The Balaban J connectivity index is 2.18. The minimum Gasteiger partial charge on any atom is -0.370 e. The molecule has 0 unspecified atom stereocenters. The molecule has 0 aromatic carbocycles. The molecule has 3 N–H and O–H groups in total. The van der Waals surface area contributed by atoms with Crippen molar-refractivity contribution in [2.24, 2.45) is 5.73 Å². The SMILES string of the molecule is Cc1cnn(CCN[C@H](C)CC(N)=O)c1. The highest BCUT2D eigenvalue weighted by Gasteiger charge is 2.04. The number of hydrogen-bond donors (Lipinski definition) is 2. The molecule has 0 radical (unpaired) electrons. The summed E-state index contributed by atoms with van der Waals surface area (Å²) in [4.78, 5) is 10.6. The van der Waals surface area contributed by atoms with Crippen molar-refractivity contribution in [1.82, 2.24) is 15.1 Å². The fourth-order valence-corrected chi connectivity index (χ4v) is 1.39. The molecule has 0 aliphatic carbocycles. The number of aromatic nitrogens is 2. The van der Waals surface area contributed by atoms with Gasteiger partial charge in [-0.3, -0.25) is 9.48 Å². The van der Waals surface area contributed by atoms with Crippen LogP contribution in [0, 0.1) is 6.92 Å². The standard InChI is InChI=1S/C10H18N4O/c1-8-6-13-14(7-8)4-3-12-9(2)5-10(11)15/h6-7,9,12H,3-5H2,1-2H3,(H2,11,15)/t9-/m1/s1. The van der Waals surface area contributed by atoms with Crippen LogP contribution in [0.2, 0.25) is 0 Å². The molecular formula is C10H18N4O. The van der Waals surface area contributed by atoms with Gasteiger partial charge in [0, 0.05) is 25.2 Å². The third kappa shape index (κ3) is 4.60. The number of amides is 1. The van der Waals surface area contributed by atoms with Gasteiger partial charge in [0.25, 0.3) is 0 Å². The largest absolute Gasteiger partial charge is 0.370 e. The first kappa shape index (κ1) is 11.7. The maximum Gasteiger partial charge on any atom is 0.218 e. The molecule has 15 heavy (non-hydrogen) atoms. The summed E-state index contributed by atoms with van der Waals surface area (Å²) in [6, 6.07) is 0.124. The number of nitrogens with one attached hydrogen (secondary N) is 1. The summed E-state index contributed by atoms with van der Waals surface area (Å²) in [5.74, 6) is -0.273. The van der Waals surface area contributed by atoms with Crippen LogP contribution in [-0.4, -0.2) is 28.3 Å². The van der Waals surface area contributed by atoms with E-state index in [9.17, 15) is 4.79 Å². The molecule has 0 saturated carbocycles. The molecule has 0 aliphatic heterocycles. The predicted octanol–water partition coefficient (Wildman–Crippen LogP) is 0.0450. The van der Waals surface area contributed by atoms with Crippen molar-refractivity contribution < 1.29 is 4.79 Å². The molecule has 1 amide bonds. The summed E-state index contributed by atoms with van der Waals surface area (Å²) >= 11 is 0. The van der Waals surface area contributed by atoms with Crippen molar-refractivity contribution in [2.75, 3.05) is 6.54 Å². The third-order valence-electron chi connectivity index (χ3n) is 2.10. The molecule has 1 rings (SSSR count). The van der Waals surface area contributed by atoms with Crippen LogP contribution < -0.4 is 11.1 Å². The van der Waals surface area contributed by atoms with Gasteiger partial charge in [-0.15, -0.1) is 0 Å². The second-order valence-electron chi connectivity index (χ2n) is 3.81. The number of nitrogens with two attached hydrogens (primary N) is 1. The minimum absolute atomic E-state index is 0.124. The highest BCUT2D eigenvalue weighted by molar-refractivity contribution is 5.74. The van der Waals surface area contributed by atoms with Gasteiger partial charge in [-0.05, 0) is 19.4 Å². The summed E-state index contributed by atoms with van der Waals surface area (Å²) in [6.07, 6.45) is 4.19. The van der Waals surface area contributed by atoms with Crippen molar-refractivity contribution in [2.45, 2.75) is 32.9 Å². The van der Waals surface area contributed by atoms with Crippen LogP contribution in [0.4, 0.5) is 0 Å². The topological polar surface area (TPSA) is 72.9 Å². The Kier molecular flexibility index (Phi) is 4.30. The van der Waals surface area contributed by atoms with E-state index in [2.05, 4.69) is 10.4 Å². The Morgan fingerprint density at radius 1 is 1.73 bits per heavy atom. The van der Waals surface area contributed by atoms with E-state index in [0.717, 1.165) is 18.7 Å². The van der Waals surface area contributed by atoms with E-state index in [1.165, 1.54) is 0 Å². The summed E-state index contributed by atoms with van der Waals surface area (Å²) in [5, 5.41) is 7.37. The maximum absolute atomic E-state index is 10.6. The van der Waals surface area contributed by atoms with Crippen molar-refractivity contribution in [3.63, 3.8) is 0 Å². The van der Waals surface area contributed by atoms with Gasteiger partial charge in [0.1, 0.15) is 0 Å². The zero-order chi connectivity index (χ0) is 11.3. The number of carbonyl (C=O) groups is 1. The Morgan fingerprint density at radius 3 is 3.00 bits per heavy atom. The van der Waals surface area contributed by atoms with Crippen LogP contribution in [0.3, 0.4) is 0 Å². The lowest BCUT2D eigenvalue weighted by molar-refractivity contribution is -0.118. The third-order valence-corrected chi connectivity index (χ3v) is 2.10. The van der Waals surface area contributed by atoms with E-state index in [1.54, 1.807) is 0 Å². The second-order valence-corrected chi connectivity index (χ2v) is 3.81. The minimum atomic E-state index is -0.273. The van der Waals surface area contributed by atoms with Gasteiger partial charge in [0.2, 0.25) is 5.91 Å². The zero-order valence-corrected chi connectivity index (χ0v) is 9.23. The van der Waals surface area contributed by atoms with Crippen molar-refractivity contribution in [3.05, 3.63) is 18.0 Å². The quantitative estimate of drug-likeness (QED) is 0.696. The van der Waals surface area contributed by atoms with Gasteiger partial charge in [0.15, 0.2) is 0 Å². The lowest BCUT2D eigenvalue weighted by atomic mass is 10.2. The van der Waals surface area contributed by atoms with E-state index >= 15 is 0 Å². The van der Waals surface area contributed by atoms with Crippen LogP contribution in [-0.2, 0) is 11.3 Å². The lowest BCUT2D eigenvalue weighted by Gasteiger charge is -2.11. The van der Waals surface area contributed by atoms with Crippen LogP contribution in [0.25, 0.3) is 0 Å². The molecule has 1 aromatic heterocycles. The second kappa shape index (κ2) is 5.50. The van der Waals surface area contributed by atoms with Gasteiger partial charge < -0.3 is 11.1 Å². The molecule has 0 aliphatic rings. The van der Waals surface area contributed by atoms with E-state index in [1.807, 2.05) is 30.9 Å². The van der Waals surface area contributed by atoms with Gasteiger partial charge in [0.05, 0.1) is 12.7 Å². The average molecular weight is 210 g/mol. The van der Waals surface area contributed by atoms with Gasteiger partial charge in [-0.1, -0.05) is 0 Å². The van der Waals surface area contributed by atoms with E-state index in [4.69, 9.17) is 5.73 Å². The maximum atomic E-state index is 10.6. The van der Waals surface area contributed by atoms with Crippen LogP contribution >= 0.6 is 0 Å². The number of hydrogen-bond acceptors (Lipinski definition) is 3. The molecule has 0 spiro atoms. The first-order valence-electron chi connectivity index (χ1n) is 5.08. The zero-order valence-electron chi connectivity index (χ0n) is 9.23. The number of nitrogens with zero attached hydrogens (tertiary/aromatic N) is 2. The molecule has 0 saturated heterocycles. The molecule has 5 nitrogen and oxygen atoms in total. The number of carbonyl (C=O) groups excluding carboxylic acids is 1. The molecule has 1 aromatic rings. The van der Waals surface area contributed by atoms with E-state index in [-0.39, 0.29) is 11.9 Å². The molecule has 0 fully saturated rings. The van der Waals surface area contributed by atoms with Crippen molar-refractivity contribution >= 4 is 5.91 Å². The average Bonchev–Trinajstić information content (AvgIpc) is 2.50. The number of primary amides is 1. The highest BCUT2D eigenvalue weighted by Crippen LogP contribution is 1.94. The molecule has 84 valence electrons. The number of aryl methyl sites for hydroxylation is 1. The molecule has 1 heterocycles. The summed E-state index contributed by atoms with van der Waals surface area (Å²) in [5.41, 5.74) is 6.24. The first-order valence-corrected chi connectivity index (χ1v) is 5.08. The fourth-order valence-electron chi connectivity index (χ4n) is 1.39. The highest BCUT2D eigenvalue weighted by atomic mass is 16.1. The Hall–Kier alpha value is -1.36. The summed E-state index contributed by atoms with van der Waals surface area (Å²) in [6.45, 7) is 5.54. The van der Waals surface area contributed by atoms with E-state index in [0.29, 0.717) is 6.42 Å². The Bertz CT molecular complexity index is 321. The Labute approximate surface area is 89.6 Å². The predicted molar refractivity (Wildman–Crippen MR) is 58.2 cm³/mol. The van der Waals surface area contributed by atoms with Crippen molar-refractivity contribution in [1.29, 1.82) is 0 Å². The smallest absolute Gasteiger partial charge is 0.218 e. The normalized spacial score (nSPS) is 12.7. The van der Waals surface area contributed by atoms with Crippen LogP contribution in [0.1, 0.15) is 18.9 Å². The summed E-state index contributed by atoms with van der Waals surface area (Å²) in [7, 11) is 0. The molecule has 5 heteroatoms. The molecular weight excluding hydrogens is 192 g/mol. The van der Waals surface area contributed by atoms with E-state index < -0.39 is 0 Å². The van der Waals surface area contributed by atoms with Gasteiger partial charge in [-0.25, -0.2) is 0 Å². The van der Waals surface area contributed by atoms with Gasteiger partial charge >= 0.3 is 0 Å². The molecule has 0 bridgehead atoms. The monoisotopic (exact) mass is 210 g/mol. The molecule has 1 atom stereocenters. The van der Waals surface area contributed by atoms with Crippen LogP contribution in [0.15, 0.2) is 12.4 Å². The number of rotatable bonds is 6. The van der Waals surface area contributed by atoms with Crippen LogP contribution in [0.5, 0.6) is 0 Å². The summed E-state index contributed by atoms with van der Waals surface area (Å²) < 4.78 is 1.87. The fraction of sp³-hybridized carbons (Fsp3) is 0.600. The first-order chi connectivity index (χ1) is 7.08.